The predicted molar refractivity (Wildman–Crippen MR) is 78.9 cm³/mol. The number of carbonyl (C=O) groups excluding carboxylic acids is 1. The van der Waals surface area contributed by atoms with Crippen LogP contribution in [0.2, 0.25) is 0 Å². The summed E-state index contributed by atoms with van der Waals surface area (Å²) in [5.41, 5.74) is 1.42. The zero-order valence-electron chi connectivity index (χ0n) is 12.4. The SMILES string of the molecule is CCCNc1ccnc(C(=O)N(C)C2CCOC2C)c1. The van der Waals surface area contributed by atoms with Gasteiger partial charge in [0.25, 0.3) is 5.91 Å². The minimum Gasteiger partial charge on any atom is -0.385 e. The van der Waals surface area contributed by atoms with Crippen molar-refractivity contribution in [2.45, 2.75) is 38.8 Å². The van der Waals surface area contributed by atoms with Gasteiger partial charge in [0.2, 0.25) is 0 Å². The molecule has 1 saturated heterocycles. The van der Waals surface area contributed by atoms with Gasteiger partial charge >= 0.3 is 0 Å². The van der Waals surface area contributed by atoms with E-state index < -0.39 is 0 Å². The second kappa shape index (κ2) is 6.70. The van der Waals surface area contributed by atoms with E-state index in [0.29, 0.717) is 5.69 Å². The Kier molecular flexibility index (Phi) is 4.95. The number of ether oxygens (including phenoxy) is 1. The van der Waals surface area contributed by atoms with Crippen molar-refractivity contribution in [1.82, 2.24) is 9.88 Å². The summed E-state index contributed by atoms with van der Waals surface area (Å²) in [6.45, 7) is 5.72. The molecular formula is C15H23N3O2. The van der Waals surface area contributed by atoms with Gasteiger partial charge in [0.05, 0.1) is 12.1 Å². The van der Waals surface area contributed by atoms with Crippen molar-refractivity contribution < 1.29 is 9.53 Å². The fraction of sp³-hybridized carbons (Fsp3) is 0.600. The molecular weight excluding hydrogens is 254 g/mol. The molecule has 20 heavy (non-hydrogen) atoms. The lowest BCUT2D eigenvalue weighted by Gasteiger charge is -2.26. The number of hydrogen-bond donors (Lipinski definition) is 1. The lowest BCUT2D eigenvalue weighted by molar-refractivity contribution is 0.0570. The molecule has 2 heterocycles. The minimum absolute atomic E-state index is 0.0486. The van der Waals surface area contributed by atoms with Crippen LogP contribution in [0.15, 0.2) is 18.3 Å². The molecule has 5 heteroatoms. The lowest BCUT2D eigenvalue weighted by atomic mass is 10.1. The van der Waals surface area contributed by atoms with E-state index in [1.807, 2.05) is 26.1 Å². The first-order chi connectivity index (χ1) is 9.63. The van der Waals surface area contributed by atoms with E-state index >= 15 is 0 Å². The van der Waals surface area contributed by atoms with Crippen molar-refractivity contribution in [2.75, 3.05) is 25.5 Å². The summed E-state index contributed by atoms with van der Waals surface area (Å²) in [6.07, 6.45) is 3.69. The van der Waals surface area contributed by atoms with Gasteiger partial charge in [-0.2, -0.15) is 0 Å². The third kappa shape index (κ3) is 3.28. The van der Waals surface area contributed by atoms with Gasteiger partial charge in [-0.1, -0.05) is 6.92 Å². The molecule has 0 aliphatic carbocycles. The molecule has 5 nitrogen and oxygen atoms in total. The fourth-order valence-electron chi connectivity index (χ4n) is 2.49. The van der Waals surface area contributed by atoms with Crippen molar-refractivity contribution in [3.8, 4) is 0 Å². The Morgan fingerprint density at radius 3 is 3.05 bits per heavy atom. The number of rotatable bonds is 5. The van der Waals surface area contributed by atoms with Crippen LogP contribution in [0.25, 0.3) is 0 Å². The number of carbonyl (C=O) groups is 1. The van der Waals surface area contributed by atoms with Gasteiger partial charge in [-0.05, 0) is 31.9 Å². The largest absolute Gasteiger partial charge is 0.385 e. The average Bonchev–Trinajstić information content (AvgIpc) is 2.90. The highest BCUT2D eigenvalue weighted by molar-refractivity contribution is 5.93. The molecule has 1 aromatic heterocycles. The molecule has 0 bridgehead atoms. The number of nitrogens with one attached hydrogen (secondary N) is 1. The highest BCUT2D eigenvalue weighted by Crippen LogP contribution is 2.20. The van der Waals surface area contributed by atoms with Gasteiger partial charge in [0.15, 0.2) is 0 Å². The van der Waals surface area contributed by atoms with E-state index in [1.54, 1.807) is 11.1 Å². The van der Waals surface area contributed by atoms with Gasteiger partial charge in [0, 0.05) is 32.1 Å². The summed E-state index contributed by atoms with van der Waals surface area (Å²) < 4.78 is 5.52. The Morgan fingerprint density at radius 2 is 2.40 bits per heavy atom. The maximum absolute atomic E-state index is 12.5. The number of pyridine rings is 1. The molecule has 1 amide bonds. The predicted octanol–water partition coefficient (Wildman–Crippen LogP) is 2.15. The summed E-state index contributed by atoms with van der Waals surface area (Å²) in [5.74, 6) is -0.0486. The second-order valence-corrected chi connectivity index (χ2v) is 5.20. The van der Waals surface area contributed by atoms with Crippen LogP contribution in [0.4, 0.5) is 5.69 Å². The molecule has 1 aliphatic rings. The first-order valence-electron chi connectivity index (χ1n) is 7.22. The van der Waals surface area contributed by atoms with Crippen LogP contribution in [0, 0.1) is 0 Å². The molecule has 2 atom stereocenters. The monoisotopic (exact) mass is 277 g/mol. The molecule has 0 saturated carbocycles. The Hall–Kier alpha value is -1.62. The van der Waals surface area contributed by atoms with Crippen LogP contribution in [-0.2, 0) is 4.74 Å². The maximum Gasteiger partial charge on any atom is 0.272 e. The van der Waals surface area contributed by atoms with Gasteiger partial charge in [-0.3, -0.25) is 9.78 Å². The first-order valence-corrected chi connectivity index (χ1v) is 7.22. The highest BCUT2D eigenvalue weighted by Gasteiger charge is 2.31. The standard InChI is InChI=1S/C15H23N3O2/c1-4-7-16-12-5-8-17-13(10-12)15(19)18(3)14-6-9-20-11(14)2/h5,8,10-11,14H,4,6-7,9H2,1-3H3,(H,16,17). The summed E-state index contributed by atoms with van der Waals surface area (Å²) in [7, 11) is 1.83. The van der Waals surface area contributed by atoms with Gasteiger partial charge in [-0.25, -0.2) is 0 Å². The molecule has 0 spiro atoms. The van der Waals surface area contributed by atoms with Crippen LogP contribution >= 0.6 is 0 Å². The van der Waals surface area contributed by atoms with E-state index in [9.17, 15) is 4.79 Å². The molecule has 1 fully saturated rings. The smallest absolute Gasteiger partial charge is 0.272 e. The van der Waals surface area contributed by atoms with E-state index in [4.69, 9.17) is 4.74 Å². The molecule has 2 unspecified atom stereocenters. The maximum atomic E-state index is 12.5. The number of hydrogen-bond acceptors (Lipinski definition) is 4. The number of aromatic nitrogens is 1. The van der Waals surface area contributed by atoms with E-state index in [1.165, 1.54) is 0 Å². The summed E-state index contributed by atoms with van der Waals surface area (Å²) in [6, 6.07) is 3.83. The van der Waals surface area contributed by atoms with E-state index in [0.717, 1.165) is 31.7 Å². The van der Waals surface area contributed by atoms with Gasteiger partial charge in [0.1, 0.15) is 5.69 Å². The quantitative estimate of drug-likeness (QED) is 0.896. The topological polar surface area (TPSA) is 54.5 Å². The van der Waals surface area contributed by atoms with Crippen LogP contribution in [0.5, 0.6) is 0 Å². The average molecular weight is 277 g/mol. The third-order valence-electron chi connectivity index (χ3n) is 3.71. The Bertz CT molecular complexity index is 464. The summed E-state index contributed by atoms with van der Waals surface area (Å²) in [4.78, 5) is 18.4. The van der Waals surface area contributed by atoms with Crippen LogP contribution in [0.3, 0.4) is 0 Å². The lowest BCUT2D eigenvalue weighted by Crippen LogP contribution is -2.41. The Balaban J connectivity index is 2.08. The number of amides is 1. The molecule has 0 aromatic carbocycles. The van der Waals surface area contributed by atoms with Crippen LogP contribution < -0.4 is 5.32 Å². The van der Waals surface area contributed by atoms with Crippen molar-refractivity contribution >= 4 is 11.6 Å². The molecule has 1 aliphatic heterocycles. The summed E-state index contributed by atoms with van der Waals surface area (Å²) >= 11 is 0. The van der Waals surface area contributed by atoms with E-state index in [2.05, 4.69) is 17.2 Å². The molecule has 0 radical (unpaired) electrons. The second-order valence-electron chi connectivity index (χ2n) is 5.20. The molecule has 2 rings (SSSR count). The van der Waals surface area contributed by atoms with Crippen molar-refractivity contribution in [3.05, 3.63) is 24.0 Å². The molecule has 1 N–H and O–H groups in total. The van der Waals surface area contributed by atoms with E-state index in [-0.39, 0.29) is 18.1 Å². The summed E-state index contributed by atoms with van der Waals surface area (Å²) in [5, 5.41) is 3.27. The van der Waals surface area contributed by atoms with Crippen LogP contribution in [-0.4, -0.2) is 48.1 Å². The molecule has 1 aromatic rings. The Morgan fingerprint density at radius 1 is 1.60 bits per heavy atom. The minimum atomic E-state index is -0.0486. The Labute approximate surface area is 120 Å². The van der Waals surface area contributed by atoms with Crippen molar-refractivity contribution in [1.29, 1.82) is 0 Å². The molecule has 110 valence electrons. The fourth-order valence-corrected chi connectivity index (χ4v) is 2.49. The zero-order chi connectivity index (χ0) is 14.5. The number of anilines is 1. The van der Waals surface area contributed by atoms with Gasteiger partial charge < -0.3 is 15.0 Å². The van der Waals surface area contributed by atoms with Crippen molar-refractivity contribution in [3.63, 3.8) is 0 Å². The normalized spacial score (nSPS) is 21.8. The number of likely N-dealkylation sites (N-methyl/N-ethyl adjacent to an activating group) is 1. The first kappa shape index (κ1) is 14.8. The van der Waals surface area contributed by atoms with Gasteiger partial charge in [-0.15, -0.1) is 0 Å². The number of nitrogens with zero attached hydrogens (tertiary/aromatic N) is 2. The zero-order valence-corrected chi connectivity index (χ0v) is 12.4. The van der Waals surface area contributed by atoms with Crippen LogP contribution in [0.1, 0.15) is 37.2 Å². The highest BCUT2D eigenvalue weighted by atomic mass is 16.5. The third-order valence-corrected chi connectivity index (χ3v) is 3.71. The van der Waals surface area contributed by atoms with Crippen molar-refractivity contribution in [2.24, 2.45) is 0 Å².